The first kappa shape index (κ1) is 17.1. The molecule has 138 valence electrons. The lowest BCUT2D eigenvalue weighted by Crippen LogP contribution is -2.20. The van der Waals surface area contributed by atoms with Crippen LogP contribution in [0.4, 0.5) is 11.4 Å². The number of aromatic amines is 1. The van der Waals surface area contributed by atoms with Gasteiger partial charge in [-0.25, -0.2) is 0 Å². The fourth-order valence-electron chi connectivity index (χ4n) is 3.54. The van der Waals surface area contributed by atoms with Crippen LogP contribution in [0.15, 0.2) is 48.7 Å². The van der Waals surface area contributed by atoms with Crippen molar-refractivity contribution >= 4 is 17.3 Å². The van der Waals surface area contributed by atoms with E-state index >= 15 is 0 Å². The molecule has 4 rings (SSSR count). The highest BCUT2D eigenvalue weighted by Crippen LogP contribution is 2.43. The maximum absolute atomic E-state index is 12.9. The van der Waals surface area contributed by atoms with E-state index in [-0.39, 0.29) is 11.3 Å². The van der Waals surface area contributed by atoms with Crippen LogP contribution in [-0.2, 0) is 5.41 Å². The van der Waals surface area contributed by atoms with E-state index in [1.807, 2.05) is 42.5 Å². The SMILES string of the molecule is COc1ccc(NC(=O)c2cc3c(c(-c4ccn[nH]4)c2)C(C)(C)CN3)cc1. The fraction of sp³-hybridized carbons (Fsp3) is 0.238. The van der Waals surface area contributed by atoms with Crippen LogP contribution in [0.25, 0.3) is 11.3 Å². The molecule has 0 saturated heterocycles. The second kappa shape index (κ2) is 6.46. The number of hydrogen-bond donors (Lipinski definition) is 3. The molecule has 0 unspecified atom stereocenters. The third-order valence-corrected chi connectivity index (χ3v) is 4.94. The van der Waals surface area contributed by atoms with Gasteiger partial charge in [-0.2, -0.15) is 5.10 Å². The van der Waals surface area contributed by atoms with Crippen LogP contribution in [0.5, 0.6) is 5.75 Å². The Morgan fingerprint density at radius 2 is 1.96 bits per heavy atom. The van der Waals surface area contributed by atoms with Crippen LogP contribution in [0.3, 0.4) is 0 Å². The number of amides is 1. The van der Waals surface area contributed by atoms with Crippen molar-refractivity contribution in [1.82, 2.24) is 10.2 Å². The van der Waals surface area contributed by atoms with Crippen LogP contribution >= 0.6 is 0 Å². The number of fused-ring (bicyclic) bond motifs is 1. The number of H-pyrrole nitrogens is 1. The first-order valence-corrected chi connectivity index (χ1v) is 8.85. The highest BCUT2D eigenvalue weighted by atomic mass is 16.5. The summed E-state index contributed by atoms with van der Waals surface area (Å²) in [6, 6.07) is 13.1. The number of benzene rings is 2. The van der Waals surface area contributed by atoms with Crippen LogP contribution in [0, 0.1) is 0 Å². The predicted octanol–water partition coefficient (Wildman–Crippen LogP) is 4.04. The van der Waals surface area contributed by atoms with Crippen LogP contribution in [0.1, 0.15) is 29.8 Å². The third-order valence-electron chi connectivity index (χ3n) is 4.94. The van der Waals surface area contributed by atoms with E-state index in [1.54, 1.807) is 13.3 Å². The lowest BCUT2D eigenvalue weighted by atomic mass is 9.82. The number of ether oxygens (including phenoxy) is 1. The van der Waals surface area contributed by atoms with E-state index in [0.29, 0.717) is 5.56 Å². The highest BCUT2D eigenvalue weighted by Gasteiger charge is 2.34. The average molecular weight is 362 g/mol. The van der Waals surface area contributed by atoms with Crippen LogP contribution < -0.4 is 15.4 Å². The minimum Gasteiger partial charge on any atom is -0.497 e. The van der Waals surface area contributed by atoms with Crippen LogP contribution in [0.2, 0.25) is 0 Å². The summed E-state index contributed by atoms with van der Waals surface area (Å²) in [5, 5.41) is 13.5. The summed E-state index contributed by atoms with van der Waals surface area (Å²) in [5.74, 6) is 0.591. The van der Waals surface area contributed by atoms with Gasteiger partial charge in [-0.05, 0) is 48.0 Å². The Kier molecular flexibility index (Phi) is 4.11. The number of aromatic nitrogens is 2. The Labute approximate surface area is 158 Å². The topological polar surface area (TPSA) is 79.0 Å². The molecule has 6 heteroatoms. The lowest BCUT2D eigenvalue weighted by Gasteiger charge is -2.21. The van der Waals surface area contributed by atoms with Gasteiger partial charge in [-0.3, -0.25) is 9.89 Å². The summed E-state index contributed by atoms with van der Waals surface area (Å²) in [4.78, 5) is 12.9. The molecular weight excluding hydrogens is 340 g/mol. The zero-order valence-electron chi connectivity index (χ0n) is 15.6. The normalized spacial score (nSPS) is 14.3. The quantitative estimate of drug-likeness (QED) is 0.654. The van der Waals surface area contributed by atoms with E-state index in [2.05, 4.69) is 34.7 Å². The Morgan fingerprint density at radius 1 is 1.19 bits per heavy atom. The predicted molar refractivity (Wildman–Crippen MR) is 106 cm³/mol. The summed E-state index contributed by atoms with van der Waals surface area (Å²) < 4.78 is 5.16. The molecule has 0 spiro atoms. The second-order valence-electron chi connectivity index (χ2n) is 7.34. The molecule has 2 heterocycles. The van der Waals surface area contributed by atoms with Gasteiger partial charge in [0.1, 0.15) is 5.75 Å². The zero-order valence-corrected chi connectivity index (χ0v) is 15.6. The second-order valence-corrected chi connectivity index (χ2v) is 7.34. The van der Waals surface area contributed by atoms with Gasteiger partial charge < -0.3 is 15.4 Å². The Hall–Kier alpha value is -3.28. The minimum atomic E-state index is -0.157. The molecular formula is C21H22N4O2. The molecule has 27 heavy (non-hydrogen) atoms. The first-order valence-electron chi connectivity index (χ1n) is 8.85. The largest absolute Gasteiger partial charge is 0.497 e. The standard InChI is InChI=1S/C21H22N4O2/c1-21(2)12-22-18-11-13(10-16(19(18)21)17-8-9-23-25-17)20(26)24-14-4-6-15(27-3)7-5-14/h4-11,22H,12H2,1-3H3,(H,23,25)(H,24,26). The van der Waals surface area contributed by atoms with Crippen molar-refractivity contribution in [3.63, 3.8) is 0 Å². The molecule has 0 radical (unpaired) electrons. The van der Waals surface area contributed by atoms with E-state index < -0.39 is 0 Å². The van der Waals surface area contributed by atoms with Gasteiger partial charge in [0.25, 0.3) is 5.91 Å². The molecule has 3 aromatic rings. The number of anilines is 2. The summed E-state index contributed by atoms with van der Waals surface area (Å²) >= 11 is 0. The number of carbonyl (C=O) groups excluding carboxylic acids is 1. The van der Waals surface area contributed by atoms with Crippen molar-refractivity contribution in [1.29, 1.82) is 0 Å². The van der Waals surface area contributed by atoms with Crippen LogP contribution in [-0.4, -0.2) is 29.8 Å². The van der Waals surface area contributed by atoms with Crippen molar-refractivity contribution < 1.29 is 9.53 Å². The van der Waals surface area contributed by atoms with Gasteiger partial charge in [0.05, 0.1) is 12.8 Å². The molecule has 1 aliphatic rings. The first-order chi connectivity index (χ1) is 13.0. The fourth-order valence-corrected chi connectivity index (χ4v) is 3.54. The van der Waals surface area contributed by atoms with Crippen molar-refractivity contribution in [2.45, 2.75) is 19.3 Å². The number of methoxy groups -OCH3 is 1. The molecule has 6 nitrogen and oxygen atoms in total. The third kappa shape index (κ3) is 3.14. The summed E-state index contributed by atoms with van der Waals surface area (Å²) in [6.45, 7) is 5.22. The van der Waals surface area contributed by atoms with Crippen molar-refractivity contribution in [3.05, 3.63) is 59.8 Å². The summed E-state index contributed by atoms with van der Waals surface area (Å²) in [6.07, 6.45) is 1.72. The van der Waals surface area contributed by atoms with Crippen molar-refractivity contribution in [2.24, 2.45) is 0 Å². The summed E-state index contributed by atoms with van der Waals surface area (Å²) in [5.41, 5.74) is 5.39. The molecule has 1 aromatic heterocycles. The molecule has 0 saturated carbocycles. The molecule has 0 fully saturated rings. The molecule has 2 aromatic carbocycles. The molecule has 0 bridgehead atoms. The number of carbonyl (C=O) groups is 1. The average Bonchev–Trinajstić information content (AvgIpc) is 3.30. The zero-order chi connectivity index (χ0) is 19.0. The van der Waals surface area contributed by atoms with E-state index in [4.69, 9.17) is 4.74 Å². The maximum Gasteiger partial charge on any atom is 0.255 e. The number of rotatable bonds is 4. The Balaban J connectivity index is 1.71. The Morgan fingerprint density at radius 3 is 2.63 bits per heavy atom. The van der Waals surface area contributed by atoms with Gasteiger partial charge in [-0.1, -0.05) is 13.8 Å². The molecule has 1 aliphatic heterocycles. The van der Waals surface area contributed by atoms with E-state index in [9.17, 15) is 4.79 Å². The van der Waals surface area contributed by atoms with Gasteiger partial charge in [0.15, 0.2) is 0 Å². The van der Waals surface area contributed by atoms with Crippen molar-refractivity contribution in [2.75, 3.05) is 24.3 Å². The number of nitrogens with one attached hydrogen (secondary N) is 3. The van der Waals surface area contributed by atoms with E-state index in [1.165, 1.54) is 5.56 Å². The Bertz CT molecular complexity index is 976. The molecule has 1 amide bonds. The monoisotopic (exact) mass is 362 g/mol. The molecule has 3 N–H and O–H groups in total. The highest BCUT2D eigenvalue weighted by molar-refractivity contribution is 6.06. The molecule has 0 aliphatic carbocycles. The lowest BCUT2D eigenvalue weighted by molar-refractivity contribution is 0.102. The summed E-state index contributed by atoms with van der Waals surface area (Å²) in [7, 11) is 1.61. The smallest absolute Gasteiger partial charge is 0.255 e. The number of hydrogen-bond acceptors (Lipinski definition) is 4. The maximum atomic E-state index is 12.9. The van der Waals surface area contributed by atoms with E-state index in [0.717, 1.165) is 34.9 Å². The number of nitrogens with zero attached hydrogens (tertiary/aromatic N) is 1. The van der Waals surface area contributed by atoms with Gasteiger partial charge in [-0.15, -0.1) is 0 Å². The van der Waals surface area contributed by atoms with Gasteiger partial charge in [0.2, 0.25) is 0 Å². The minimum absolute atomic E-state index is 0.0270. The van der Waals surface area contributed by atoms with Gasteiger partial charge in [0, 0.05) is 40.7 Å². The van der Waals surface area contributed by atoms with Gasteiger partial charge >= 0.3 is 0 Å². The van der Waals surface area contributed by atoms with Crippen molar-refractivity contribution in [3.8, 4) is 17.0 Å². The molecule has 0 atom stereocenters.